The van der Waals surface area contributed by atoms with Crippen LogP contribution in [0.25, 0.3) is 0 Å². The number of nitrogens with two attached hydrogens (primary N) is 1. The van der Waals surface area contributed by atoms with E-state index in [1.807, 2.05) is 12.1 Å². The fourth-order valence-electron chi connectivity index (χ4n) is 2.21. The molecule has 0 bridgehead atoms. The third-order valence-corrected chi connectivity index (χ3v) is 3.56. The number of ether oxygens (including phenoxy) is 1. The number of halogens is 4. The minimum Gasteiger partial charge on any atom is -0.480 e. The summed E-state index contributed by atoms with van der Waals surface area (Å²) in [6.45, 7) is 1.75. The van der Waals surface area contributed by atoms with E-state index in [-0.39, 0.29) is 18.2 Å². The Morgan fingerprint density at radius 1 is 1.15 bits per heavy atom. The third kappa shape index (κ3) is 6.15. The second-order valence-electron chi connectivity index (χ2n) is 5.54. The van der Waals surface area contributed by atoms with E-state index in [9.17, 15) is 18.0 Å². The molecule has 1 amide bonds. The Morgan fingerprint density at radius 2 is 1.77 bits per heavy atom. The van der Waals surface area contributed by atoms with Gasteiger partial charge in [0, 0.05) is 12.2 Å². The van der Waals surface area contributed by atoms with Gasteiger partial charge in [-0.1, -0.05) is 24.3 Å². The molecule has 0 fully saturated rings. The molecule has 0 aromatic heterocycles. The molecule has 1 unspecified atom stereocenters. The van der Waals surface area contributed by atoms with Crippen LogP contribution >= 0.6 is 12.4 Å². The Kier molecular flexibility index (Phi) is 7.76. The lowest BCUT2D eigenvalue weighted by molar-refractivity contribution is -0.140. The van der Waals surface area contributed by atoms with Gasteiger partial charge < -0.3 is 15.8 Å². The van der Waals surface area contributed by atoms with Crippen molar-refractivity contribution in [3.8, 4) is 5.75 Å². The first-order chi connectivity index (χ1) is 11.8. The van der Waals surface area contributed by atoms with Crippen molar-refractivity contribution in [1.82, 2.24) is 5.32 Å². The molecular weight excluding hydrogens is 369 g/mol. The van der Waals surface area contributed by atoms with Crippen molar-refractivity contribution < 1.29 is 22.7 Å². The predicted molar refractivity (Wildman–Crippen MR) is 96.4 cm³/mol. The van der Waals surface area contributed by atoms with E-state index in [4.69, 9.17) is 10.5 Å². The second-order valence-corrected chi connectivity index (χ2v) is 5.54. The van der Waals surface area contributed by atoms with Gasteiger partial charge in [0.1, 0.15) is 5.75 Å². The molecule has 0 heterocycles. The highest BCUT2D eigenvalue weighted by molar-refractivity contribution is 5.85. The van der Waals surface area contributed by atoms with Crippen molar-refractivity contribution in [2.75, 3.05) is 12.3 Å². The molecule has 2 aromatic carbocycles. The van der Waals surface area contributed by atoms with Crippen molar-refractivity contribution in [2.24, 2.45) is 0 Å². The van der Waals surface area contributed by atoms with Gasteiger partial charge in [-0.05, 0) is 43.2 Å². The number of carbonyl (C=O) groups is 1. The lowest BCUT2D eigenvalue weighted by atomic mass is 10.1. The Labute approximate surface area is 155 Å². The summed E-state index contributed by atoms with van der Waals surface area (Å²) in [6.07, 6.45) is -5.00. The molecule has 0 saturated heterocycles. The minimum absolute atomic E-state index is 0. The van der Waals surface area contributed by atoms with Gasteiger partial charge in [-0.25, -0.2) is 0 Å². The van der Waals surface area contributed by atoms with Gasteiger partial charge in [0.15, 0.2) is 6.10 Å². The number of nitrogen functional groups attached to an aromatic ring is 1. The molecule has 3 N–H and O–H groups in total. The number of benzene rings is 2. The molecule has 142 valence electrons. The number of nitrogens with one attached hydrogen (secondary N) is 1. The molecule has 0 aliphatic heterocycles. The van der Waals surface area contributed by atoms with Crippen molar-refractivity contribution in [2.45, 2.75) is 25.6 Å². The average molecular weight is 389 g/mol. The molecule has 0 saturated carbocycles. The smallest absolute Gasteiger partial charge is 0.419 e. The Bertz CT molecular complexity index is 721. The summed E-state index contributed by atoms with van der Waals surface area (Å²) < 4.78 is 44.0. The molecule has 0 spiro atoms. The Morgan fingerprint density at radius 3 is 2.38 bits per heavy atom. The van der Waals surface area contributed by atoms with Crippen molar-refractivity contribution >= 4 is 24.0 Å². The molecule has 0 radical (unpaired) electrons. The van der Waals surface area contributed by atoms with E-state index in [2.05, 4.69) is 5.32 Å². The number of rotatable bonds is 6. The number of carbonyl (C=O) groups excluding carboxylic acids is 1. The van der Waals surface area contributed by atoms with E-state index in [1.165, 1.54) is 25.1 Å². The van der Waals surface area contributed by atoms with Gasteiger partial charge >= 0.3 is 6.18 Å². The molecule has 4 nitrogen and oxygen atoms in total. The summed E-state index contributed by atoms with van der Waals surface area (Å²) >= 11 is 0. The van der Waals surface area contributed by atoms with Crippen LogP contribution in [0.2, 0.25) is 0 Å². The van der Waals surface area contributed by atoms with Crippen LogP contribution in [0.4, 0.5) is 18.9 Å². The van der Waals surface area contributed by atoms with Crippen LogP contribution in [0, 0.1) is 0 Å². The predicted octanol–water partition coefficient (Wildman–Crippen LogP) is 3.84. The molecule has 0 aliphatic carbocycles. The van der Waals surface area contributed by atoms with E-state index >= 15 is 0 Å². The highest BCUT2D eigenvalue weighted by Gasteiger charge is 2.34. The minimum atomic E-state index is -4.54. The number of alkyl halides is 3. The summed E-state index contributed by atoms with van der Waals surface area (Å²) in [4.78, 5) is 12.0. The quantitative estimate of drug-likeness (QED) is 0.739. The average Bonchev–Trinajstić information content (AvgIpc) is 2.56. The number of para-hydroxylation sites is 1. The number of anilines is 1. The second kappa shape index (κ2) is 9.33. The highest BCUT2D eigenvalue weighted by Crippen LogP contribution is 2.36. The molecule has 26 heavy (non-hydrogen) atoms. The van der Waals surface area contributed by atoms with Gasteiger partial charge in [0.2, 0.25) is 0 Å². The largest absolute Gasteiger partial charge is 0.480 e. The zero-order chi connectivity index (χ0) is 18.4. The summed E-state index contributed by atoms with van der Waals surface area (Å²) in [5, 5.41) is 2.65. The Balaban J connectivity index is 0.00000338. The topological polar surface area (TPSA) is 64.3 Å². The van der Waals surface area contributed by atoms with Gasteiger partial charge in [-0.3, -0.25) is 4.79 Å². The monoisotopic (exact) mass is 388 g/mol. The lowest BCUT2D eigenvalue weighted by Crippen LogP contribution is -2.37. The molecule has 1 atom stereocenters. The van der Waals surface area contributed by atoms with Crippen LogP contribution in [-0.2, 0) is 17.4 Å². The van der Waals surface area contributed by atoms with E-state index < -0.39 is 23.8 Å². The first kappa shape index (κ1) is 21.6. The molecule has 8 heteroatoms. The van der Waals surface area contributed by atoms with Crippen LogP contribution in [0.3, 0.4) is 0 Å². The fraction of sp³-hybridized carbons (Fsp3) is 0.278. The van der Waals surface area contributed by atoms with Crippen molar-refractivity contribution in [3.05, 3.63) is 59.7 Å². The summed E-state index contributed by atoms with van der Waals surface area (Å²) in [5.41, 5.74) is 6.33. The maximum absolute atomic E-state index is 12.9. The zero-order valence-corrected chi connectivity index (χ0v) is 14.9. The first-order valence-corrected chi connectivity index (χ1v) is 7.72. The Hall–Kier alpha value is -2.41. The van der Waals surface area contributed by atoms with Gasteiger partial charge in [0.25, 0.3) is 5.91 Å². The number of hydrogen-bond acceptors (Lipinski definition) is 3. The molecule has 2 aromatic rings. The lowest BCUT2D eigenvalue weighted by Gasteiger charge is -2.18. The SMILES string of the molecule is CC(Oc1ccccc1C(F)(F)F)C(=O)NCCc1ccc(N)cc1.Cl. The fourth-order valence-corrected chi connectivity index (χ4v) is 2.21. The highest BCUT2D eigenvalue weighted by atomic mass is 35.5. The normalized spacial score (nSPS) is 12.0. The van der Waals surface area contributed by atoms with Crippen molar-refractivity contribution in [3.63, 3.8) is 0 Å². The van der Waals surface area contributed by atoms with Crippen molar-refractivity contribution in [1.29, 1.82) is 0 Å². The van der Waals surface area contributed by atoms with E-state index in [0.29, 0.717) is 18.7 Å². The standard InChI is InChI=1S/C18H19F3N2O2.ClH/c1-12(25-16-5-3-2-4-15(16)18(19,20)21)17(24)23-11-10-13-6-8-14(22)9-7-13;/h2-9,12H,10-11,22H2,1H3,(H,23,24);1H. The first-order valence-electron chi connectivity index (χ1n) is 7.72. The summed E-state index contributed by atoms with van der Waals surface area (Å²) in [6, 6.07) is 12.0. The molecular formula is C18H20ClF3N2O2. The van der Waals surface area contributed by atoms with E-state index in [1.54, 1.807) is 12.1 Å². The number of amides is 1. The van der Waals surface area contributed by atoms with Crippen LogP contribution in [0.1, 0.15) is 18.1 Å². The third-order valence-electron chi connectivity index (χ3n) is 3.56. The van der Waals surface area contributed by atoms with Crippen LogP contribution in [0.15, 0.2) is 48.5 Å². The summed E-state index contributed by atoms with van der Waals surface area (Å²) in [7, 11) is 0. The maximum Gasteiger partial charge on any atom is 0.419 e. The molecule has 0 aliphatic rings. The van der Waals surface area contributed by atoms with Crippen LogP contribution < -0.4 is 15.8 Å². The van der Waals surface area contributed by atoms with Crippen LogP contribution in [0.5, 0.6) is 5.75 Å². The number of hydrogen-bond donors (Lipinski definition) is 2. The van der Waals surface area contributed by atoms with E-state index in [0.717, 1.165) is 11.6 Å². The van der Waals surface area contributed by atoms with Gasteiger partial charge in [0.05, 0.1) is 5.56 Å². The van der Waals surface area contributed by atoms with Crippen LogP contribution in [-0.4, -0.2) is 18.6 Å². The molecule has 2 rings (SSSR count). The zero-order valence-electron chi connectivity index (χ0n) is 14.0. The van der Waals surface area contributed by atoms with Gasteiger partial charge in [-0.2, -0.15) is 13.2 Å². The van der Waals surface area contributed by atoms with Gasteiger partial charge in [-0.15, -0.1) is 12.4 Å². The maximum atomic E-state index is 12.9. The summed E-state index contributed by atoms with van der Waals surface area (Å²) in [5.74, 6) is -0.844.